The van der Waals surface area contributed by atoms with E-state index in [-0.39, 0.29) is 18.2 Å². The lowest BCUT2D eigenvalue weighted by Gasteiger charge is -2.16. The SMILES string of the molecule is Cc1c(-c2ccc(Cl)cc2Cl)nc2ccc(Cl)cc2c1-c1ccccc1F.Cl. The molecule has 0 amide bonds. The zero-order chi connectivity index (χ0) is 19.1. The Bertz CT molecular complexity index is 1190. The van der Waals surface area contributed by atoms with E-state index in [4.69, 9.17) is 39.8 Å². The molecule has 4 aromatic rings. The Balaban J connectivity index is 0.00000225. The summed E-state index contributed by atoms with van der Waals surface area (Å²) in [5, 5.41) is 2.40. The number of fused-ring (bicyclic) bond motifs is 1. The molecule has 0 saturated carbocycles. The molecule has 1 aromatic heterocycles. The summed E-state index contributed by atoms with van der Waals surface area (Å²) < 4.78 is 14.7. The lowest BCUT2D eigenvalue weighted by molar-refractivity contribution is 0.631. The highest BCUT2D eigenvalue weighted by atomic mass is 35.5. The van der Waals surface area contributed by atoms with Gasteiger partial charge in [0, 0.05) is 26.6 Å². The monoisotopic (exact) mass is 451 g/mol. The Hall–Kier alpha value is -1.84. The van der Waals surface area contributed by atoms with Gasteiger partial charge in [0.2, 0.25) is 0 Å². The van der Waals surface area contributed by atoms with Crippen LogP contribution in [0.4, 0.5) is 4.39 Å². The number of hydrogen-bond acceptors (Lipinski definition) is 1. The Morgan fingerprint density at radius 3 is 2.21 bits per heavy atom. The second kappa shape index (κ2) is 8.26. The average Bonchev–Trinajstić information content (AvgIpc) is 2.63. The van der Waals surface area contributed by atoms with Gasteiger partial charge in [-0.15, -0.1) is 12.4 Å². The van der Waals surface area contributed by atoms with E-state index in [0.29, 0.717) is 31.8 Å². The van der Waals surface area contributed by atoms with Crippen LogP contribution in [0.3, 0.4) is 0 Å². The van der Waals surface area contributed by atoms with Crippen molar-refractivity contribution in [1.82, 2.24) is 4.98 Å². The Morgan fingerprint density at radius 2 is 1.50 bits per heavy atom. The van der Waals surface area contributed by atoms with Gasteiger partial charge in [-0.1, -0.05) is 53.0 Å². The van der Waals surface area contributed by atoms with Crippen LogP contribution in [-0.4, -0.2) is 4.98 Å². The smallest absolute Gasteiger partial charge is 0.131 e. The van der Waals surface area contributed by atoms with Gasteiger partial charge in [-0.2, -0.15) is 0 Å². The molecule has 1 nitrogen and oxygen atoms in total. The molecule has 0 radical (unpaired) electrons. The van der Waals surface area contributed by atoms with E-state index in [9.17, 15) is 4.39 Å². The van der Waals surface area contributed by atoms with Crippen LogP contribution in [0.5, 0.6) is 0 Å². The van der Waals surface area contributed by atoms with Gasteiger partial charge in [0.25, 0.3) is 0 Å². The van der Waals surface area contributed by atoms with Crippen LogP contribution in [0.25, 0.3) is 33.3 Å². The van der Waals surface area contributed by atoms with E-state index in [2.05, 4.69) is 0 Å². The van der Waals surface area contributed by atoms with Crippen molar-refractivity contribution in [3.63, 3.8) is 0 Å². The fourth-order valence-corrected chi connectivity index (χ4v) is 3.96. The first-order valence-corrected chi connectivity index (χ1v) is 9.39. The van der Waals surface area contributed by atoms with Crippen molar-refractivity contribution in [2.45, 2.75) is 6.92 Å². The van der Waals surface area contributed by atoms with Crippen LogP contribution in [0.15, 0.2) is 60.7 Å². The van der Waals surface area contributed by atoms with Crippen LogP contribution in [0.2, 0.25) is 15.1 Å². The maximum Gasteiger partial charge on any atom is 0.131 e. The number of nitrogens with zero attached hydrogens (tertiary/aromatic N) is 1. The molecule has 0 N–H and O–H groups in total. The molecule has 1 heterocycles. The molecule has 0 spiro atoms. The second-order valence-corrected chi connectivity index (χ2v) is 7.51. The van der Waals surface area contributed by atoms with Gasteiger partial charge in [0.1, 0.15) is 5.82 Å². The number of benzene rings is 3. The van der Waals surface area contributed by atoms with E-state index in [1.165, 1.54) is 6.07 Å². The summed E-state index contributed by atoms with van der Waals surface area (Å²) in [6.07, 6.45) is 0. The Labute approximate surface area is 183 Å². The van der Waals surface area contributed by atoms with Crippen molar-refractivity contribution in [1.29, 1.82) is 0 Å². The van der Waals surface area contributed by atoms with Gasteiger partial charge in [0.05, 0.1) is 16.2 Å². The Kier molecular flexibility index (Phi) is 6.16. The fraction of sp³-hybridized carbons (Fsp3) is 0.0455. The van der Waals surface area contributed by atoms with Gasteiger partial charge in [-0.3, -0.25) is 0 Å². The van der Waals surface area contributed by atoms with E-state index < -0.39 is 0 Å². The highest BCUT2D eigenvalue weighted by molar-refractivity contribution is 6.36. The molecular formula is C22H14Cl4FN. The van der Waals surface area contributed by atoms with Gasteiger partial charge in [-0.25, -0.2) is 9.37 Å². The minimum absolute atomic E-state index is 0. The van der Waals surface area contributed by atoms with Crippen molar-refractivity contribution in [3.8, 4) is 22.4 Å². The van der Waals surface area contributed by atoms with E-state index in [1.807, 2.05) is 31.2 Å². The van der Waals surface area contributed by atoms with Crippen molar-refractivity contribution < 1.29 is 4.39 Å². The van der Waals surface area contributed by atoms with Crippen LogP contribution in [-0.2, 0) is 0 Å². The molecule has 0 saturated heterocycles. The third kappa shape index (κ3) is 3.70. The lowest BCUT2D eigenvalue weighted by Crippen LogP contribution is -1.97. The van der Waals surface area contributed by atoms with Crippen LogP contribution < -0.4 is 0 Å². The van der Waals surface area contributed by atoms with Crippen molar-refractivity contribution in [2.75, 3.05) is 0 Å². The first-order chi connectivity index (χ1) is 13.0. The molecule has 0 aliphatic rings. The highest BCUT2D eigenvalue weighted by Gasteiger charge is 2.19. The summed E-state index contributed by atoms with van der Waals surface area (Å²) in [4.78, 5) is 4.78. The highest BCUT2D eigenvalue weighted by Crippen LogP contribution is 2.40. The van der Waals surface area contributed by atoms with Gasteiger partial charge in [0.15, 0.2) is 0 Å². The first-order valence-electron chi connectivity index (χ1n) is 8.26. The number of aromatic nitrogens is 1. The first kappa shape index (κ1) is 20.9. The molecule has 0 atom stereocenters. The number of pyridine rings is 1. The summed E-state index contributed by atoms with van der Waals surface area (Å²) in [6, 6.07) is 17.3. The zero-order valence-corrected chi connectivity index (χ0v) is 17.7. The van der Waals surface area contributed by atoms with Crippen molar-refractivity contribution in [2.24, 2.45) is 0 Å². The second-order valence-electron chi connectivity index (χ2n) is 6.23. The maximum atomic E-state index is 14.7. The van der Waals surface area contributed by atoms with Crippen LogP contribution in [0, 0.1) is 12.7 Å². The third-order valence-corrected chi connectivity index (χ3v) is 5.30. The van der Waals surface area contributed by atoms with E-state index in [1.54, 1.807) is 30.3 Å². The molecule has 0 aliphatic carbocycles. The minimum Gasteiger partial charge on any atom is -0.247 e. The summed E-state index contributed by atoms with van der Waals surface area (Å²) in [7, 11) is 0. The number of halogens is 5. The van der Waals surface area contributed by atoms with Crippen molar-refractivity contribution >= 4 is 58.1 Å². The molecule has 4 rings (SSSR count). The molecule has 142 valence electrons. The molecule has 0 aliphatic heterocycles. The maximum absolute atomic E-state index is 14.7. The standard InChI is InChI=1S/C22H13Cl3FN.ClH/c1-12-21(16-4-2-3-5-19(16)26)17-10-13(23)7-9-20(17)27-22(12)15-8-6-14(24)11-18(15)25;/h2-11H,1H3;1H. The number of rotatable bonds is 2. The molecule has 0 unspecified atom stereocenters. The average molecular weight is 453 g/mol. The summed E-state index contributed by atoms with van der Waals surface area (Å²) >= 11 is 18.7. The molecular weight excluding hydrogens is 439 g/mol. The van der Waals surface area contributed by atoms with Gasteiger partial charge in [-0.05, 0) is 60.5 Å². The minimum atomic E-state index is -0.304. The van der Waals surface area contributed by atoms with Gasteiger partial charge >= 0.3 is 0 Å². The van der Waals surface area contributed by atoms with Crippen LogP contribution in [0.1, 0.15) is 5.56 Å². The molecule has 6 heteroatoms. The topological polar surface area (TPSA) is 12.9 Å². The van der Waals surface area contributed by atoms with E-state index >= 15 is 0 Å². The normalized spacial score (nSPS) is 10.8. The lowest BCUT2D eigenvalue weighted by atomic mass is 9.92. The Morgan fingerprint density at radius 1 is 0.821 bits per heavy atom. The molecule has 0 fully saturated rings. The third-order valence-electron chi connectivity index (χ3n) is 4.52. The van der Waals surface area contributed by atoms with Gasteiger partial charge < -0.3 is 0 Å². The molecule has 3 aromatic carbocycles. The predicted molar refractivity (Wildman–Crippen MR) is 120 cm³/mol. The summed E-state index contributed by atoms with van der Waals surface area (Å²) in [6.45, 7) is 1.91. The molecule has 28 heavy (non-hydrogen) atoms. The quantitative estimate of drug-likeness (QED) is 0.297. The zero-order valence-electron chi connectivity index (χ0n) is 14.6. The fourth-order valence-electron chi connectivity index (χ4n) is 3.29. The largest absolute Gasteiger partial charge is 0.247 e. The number of hydrogen-bond donors (Lipinski definition) is 0. The van der Waals surface area contributed by atoms with Crippen LogP contribution >= 0.6 is 47.2 Å². The van der Waals surface area contributed by atoms with E-state index in [0.717, 1.165) is 22.1 Å². The molecule has 0 bridgehead atoms. The summed E-state index contributed by atoms with van der Waals surface area (Å²) in [5.74, 6) is -0.304. The van der Waals surface area contributed by atoms with Crippen molar-refractivity contribution in [3.05, 3.63) is 87.1 Å². The predicted octanol–water partition coefficient (Wildman–Crippen LogP) is 8.40. The summed E-state index contributed by atoms with van der Waals surface area (Å²) in [5.41, 5.74) is 4.21.